The van der Waals surface area contributed by atoms with Crippen molar-refractivity contribution < 1.29 is 14.4 Å². The van der Waals surface area contributed by atoms with E-state index < -0.39 is 6.04 Å². The van der Waals surface area contributed by atoms with Gasteiger partial charge in [-0.15, -0.1) is 0 Å². The molecule has 1 fully saturated rings. The van der Waals surface area contributed by atoms with Crippen LogP contribution in [-0.2, 0) is 16.0 Å². The van der Waals surface area contributed by atoms with E-state index in [0.717, 1.165) is 18.4 Å². The number of nitrogens with one attached hydrogen (secondary N) is 3. The Morgan fingerprint density at radius 1 is 0.848 bits per heavy atom. The third-order valence-electron chi connectivity index (χ3n) is 5.36. The molecule has 0 saturated heterocycles. The van der Waals surface area contributed by atoms with Crippen LogP contribution in [0.2, 0.25) is 5.02 Å². The molecule has 1 saturated carbocycles. The second-order valence-corrected chi connectivity index (χ2v) is 8.49. The first-order valence-corrected chi connectivity index (χ1v) is 11.2. The van der Waals surface area contributed by atoms with Gasteiger partial charge in [0, 0.05) is 34.3 Å². The van der Waals surface area contributed by atoms with Crippen LogP contribution in [0.1, 0.15) is 28.8 Å². The maximum absolute atomic E-state index is 13.2. The number of amides is 3. The average molecular weight is 462 g/mol. The number of rotatable bonds is 8. The maximum Gasteiger partial charge on any atom is 0.251 e. The van der Waals surface area contributed by atoms with Gasteiger partial charge in [-0.05, 0) is 60.9 Å². The van der Waals surface area contributed by atoms with Crippen LogP contribution < -0.4 is 16.0 Å². The van der Waals surface area contributed by atoms with Gasteiger partial charge in [0.2, 0.25) is 11.8 Å². The normalized spacial score (nSPS) is 13.6. The van der Waals surface area contributed by atoms with E-state index in [2.05, 4.69) is 16.0 Å². The number of hydrogen-bond acceptors (Lipinski definition) is 3. The standard InChI is InChI=1S/C26H24ClN3O3/c27-20-13-11-19(12-14-20)25(32)30-23(15-17-5-2-1-3-6-17)26(33)29-22-8-4-7-21(16-22)28-24(31)18-9-10-18/h1-8,11-14,16,18,23H,9-10,15H2,(H,28,31)(H,29,33)(H,30,32). The van der Waals surface area contributed by atoms with Gasteiger partial charge in [-0.3, -0.25) is 14.4 Å². The van der Waals surface area contributed by atoms with Crippen LogP contribution in [0.15, 0.2) is 78.9 Å². The minimum atomic E-state index is -0.805. The van der Waals surface area contributed by atoms with Crippen molar-refractivity contribution in [3.05, 3.63) is 95.0 Å². The first kappa shape index (κ1) is 22.6. The molecule has 0 radical (unpaired) electrons. The smallest absolute Gasteiger partial charge is 0.251 e. The summed E-state index contributed by atoms with van der Waals surface area (Å²) in [5, 5.41) is 9.09. The Labute approximate surface area is 197 Å². The third kappa shape index (κ3) is 6.43. The average Bonchev–Trinajstić information content (AvgIpc) is 3.66. The molecule has 3 N–H and O–H groups in total. The van der Waals surface area contributed by atoms with Crippen LogP contribution in [0.3, 0.4) is 0 Å². The van der Waals surface area contributed by atoms with Crippen LogP contribution in [0, 0.1) is 5.92 Å². The van der Waals surface area contributed by atoms with Crippen LogP contribution in [0.4, 0.5) is 11.4 Å². The lowest BCUT2D eigenvalue weighted by molar-refractivity contribution is -0.118. The van der Waals surface area contributed by atoms with E-state index in [1.165, 1.54) is 0 Å². The molecule has 0 aromatic heterocycles. The largest absolute Gasteiger partial charge is 0.340 e. The Morgan fingerprint density at radius 3 is 2.18 bits per heavy atom. The van der Waals surface area contributed by atoms with Gasteiger partial charge in [0.05, 0.1) is 0 Å². The summed E-state index contributed by atoms with van der Waals surface area (Å²) < 4.78 is 0. The molecule has 4 rings (SSSR count). The van der Waals surface area contributed by atoms with Crippen molar-refractivity contribution in [3.63, 3.8) is 0 Å². The van der Waals surface area contributed by atoms with Crippen molar-refractivity contribution in [2.24, 2.45) is 5.92 Å². The monoisotopic (exact) mass is 461 g/mol. The summed E-state index contributed by atoms with van der Waals surface area (Å²) in [5.74, 6) is -0.641. The summed E-state index contributed by atoms with van der Waals surface area (Å²) in [6, 6.07) is 22.1. The van der Waals surface area contributed by atoms with Crippen molar-refractivity contribution in [2.75, 3.05) is 10.6 Å². The SMILES string of the molecule is O=C(NC(Cc1ccccc1)C(=O)Nc1cccc(NC(=O)C2CC2)c1)c1ccc(Cl)cc1. The molecule has 0 bridgehead atoms. The fourth-order valence-electron chi connectivity index (χ4n) is 3.40. The molecule has 7 heteroatoms. The van der Waals surface area contributed by atoms with Crippen LogP contribution in [-0.4, -0.2) is 23.8 Å². The van der Waals surface area contributed by atoms with Crippen molar-refractivity contribution in [1.29, 1.82) is 0 Å². The molecule has 3 aromatic rings. The Hall–Kier alpha value is -3.64. The van der Waals surface area contributed by atoms with E-state index >= 15 is 0 Å². The number of benzene rings is 3. The predicted molar refractivity (Wildman–Crippen MR) is 129 cm³/mol. The molecule has 33 heavy (non-hydrogen) atoms. The topological polar surface area (TPSA) is 87.3 Å². The second kappa shape index (κ2) is 10.3. The lowest BCUT2D eigenvalue weighted by Crippen LogP contribution is -2.45. The summed E-state index contributed by atoms with van der Waals surface area (Å²) in [6.45, 7) is 0. The van der Waals surface area contributed by atoms with Gasteiger partial charge in [0.25, 0.3) is 5.91 Å². The highest BCUT2D eigenvalue weighted by molar-refractivity contribution is 6.30. The molecule has 0 aliphatic heterocycles. The van der Waals surface area contributed by atoms with Gasteiger partial charge in [0.1, 0.15) is 6.04 Å². The Morgan fingerprint density at radius 2 is 1.52 bits per heavy atom. The molecular formula is C26H24ClN3O3. The lowest BCUT2D eigenvalue weighted by atomic mass is 10.0. The maximum atomic E-state index is 13.2. The van der Waals surface area contributed by atoms with E-state index in [1.54, 1.807) is 48.5 Å². The molecule has 3 amide bonds. The molecule has 1 aliphatic rings. The molecule has 1 aliphatic carbocycles. The minimum absolute atomic E-state index is 0.00402. The highest BCUT2D eigenvalue weighted by atomic mass is 35.5. The lowest BCUT2D eigenvalue weighted by Gasteiger charge is -2.19. The number of hydrogen-bond donors (Lipinski definition) is 3. The summed E-state index contributed by atoms with van der Waals surface area (Å²) in [4.78, 5) is 38.0. The minimum Gasteiger partial charge on any atom is -0.340 e. The predicted octanol–water partition coefficient (Wildman–Crippen LogP) is 4.67. The van der Waals surface area contributed by atoms with E-state index in [0.29, 0.717) is 28.4 Å². The van der Waals surface area contributed by atoms with Crippen molar-refractivity contribution >= 4 is 40.7 Å². The molecule has 168 valence electrons. The Balaban J connectivity index is 1.48. The van der Waals surface area contributed by atoms with Crippen molar-refractivity contribution in [1.82, 2.24) is 5.32 Å². The van der Waals surface area contributed by atoms with Gasteiger partial charge < -0.3 is 16.0 Å². The van der Waals surface area contributed by atoms with Gasteiger partial charge in [0.15, 0.2) is 0 Å². The molecule has 0 heterocycles. The van der Waals surface area contributed by atoms with Gasteiger partial charge in [-0.1, -0.05) is 48.0 Å². The van der Waals surface area contributed by atoms with Gasteiger partial charge >= 0.3 is 0 Å². The second-order valence-electron chi connectivity index (χ2n) is 8.06. The first-order valence-electron chi connectivity index (χ1n) is 10.8. The van der Waals surface area contributed by atoms with Gasteiger partial charge in [-0.25, -0.2) is 0 Å². The van der Waals surface area contributed by atoms with Crippen LogP contribution >= 0.6 is 11.6 Å². The van der Waals surface area contributed by atoms with Crippen LogP contribution in [0.5, 0.6) is 0 Å². The first-order chi connectivity index (χ1) is 16.0. The van der Waals surface area contributed by atoms with E-state index in [-0.39, 0.29) is 23.6 Å². The van der Waals surface area contributed by atoms with Crippen LogP contribution in [0.25, 0.3) is 0 Å². The van der Waals surface area contributed by atoms with E-state index in [1.807, 2.05) is 30.3 Å². The summed E-state index contributed by atoms with van der Waals surface area (Å²) >= 11 is 5.91. The molecule has 1 unspecified atom stereocenters. The third-order valence-corrected chi connectivity index (χ3v) is 5.61. The summed E-state index contributed by atoms with van der Waals surface area (Å²) in [6.07, 6.45) is 2.15. The number of anilines is 2. The zero-order valence-electron chi connectivity index (χ0n) is 17.9. The van der Waals surface area contributed by atoms with E-state index in [9.17, 15) is 14.4 Å². The van der Waals surface area contributed by atoms with Gasteiger partial charge in [-0.2, -0.15) is 0 Å². The highest BCUT2D eigenvalue weighted by Crippen LogP contribution is 2.30. The number of carbonyl (C=O) groups excluding carboxylic acids is 3. The quantitative estimate of drug-likeness (QED) is 0.455. The molecule has 3 aromatic carbocycles. The molecule has 6 nitrogen and oxygen atoms in total. The Bertz CT molecular complexity index is 1140. The number of carbonyl (C=O) groups is 3. The summed E-state index contributed by atoms with van der Waals surface area (Å²) in [7, 11) is 0. The van der Waals surface area contributed by atoms with E-state index in [4.69, 9.17) is 11.6 Å². The zero-order valence-corrected chi connectivity index (χ0v) is 18.6. The Kier molecular flexibility index (Phi) is 7.05. The molecular weight excluding hydrogens is 438 g/mol. The van der Waals surface area contributed by atoms with Crippen molar-refractivity contribution in [2.45, 2.75) is 25.3 Å². The molecule has 0 spiro atoms. The summed E-state index contributed by atoms with van der Waals surface area (Å²) in [5.41, 5.74) is 2.48. The fourth-order valence-corrected chi connectivity index (χ4v) is 3.52. The zero-order chi connectivity index (χ0) is 23.2. The number of halogens is 1. The highest BCUT2D eigenvalue weighted by Gasteiger charge is 2.29. The van der Waals surface area contributed by atoms with Crippen molar-refractivity contribution in [3.8, 4) is 0 Å². The molecule has 1 atom stereocenters. The fraction of sp³-hybridized carbons (Fsp3) is 0.192.